The zero-order valence-corrected chi connectivity index (χ0v) is 14.2. The number of nitrogens with zero attached hydrogens (tertiary/aromatic N) is 5. The molecule has 1 aliphatic rings. The standard InChI is InChI=1S/C17H23N5O2/c1-13-18-19-20-22(13)16(17(23)21-9-4-3-5-10-21)12-14-7-6-8-15(11-14)24-2/h6-8,11,16H,3-5,9-10,12H2,1-2H3/t16-/m0/s1. The number of aromatic nitrogens is 4. The van der Waals surface area contributed by atoms with E-state index >= 15 is 0 Å². The predicted molar refractivity (Wildman–Crippen MR) is 88.7 cm³/mol. The van der Waals surface area contributed by atoms with Crippen molar-refractivity contribution in [1.29, 1.82) is 0 Å². The van der Waals surface area contributed by atoms with Gasteiger partial charge in [0.1, 0.15) is 17.6 Å². The summed E-state index contributed by atoms with van der Waals surface area (Å²) >= 11 is 0. The normalized spacial score (nSPS) is 16.0. The van der Waals surface area contributed by atoms with E-state index in [4.69, 9.17) is 4.74 Å². The molecular weight excluding hydrogens is 306 g/mol. The van der Waals surface area contributed by atoms with E-state index in [-0.39, 0.29) is 5.91 Å². The number of ether oxygens (including phenoxy) is 1. The van der Waals surface area contributed by atoms with Gasteiger partial charge in [0.05, 0.1) is 7.11 Å². The Hall–Kier alpha value is -2.44. The zero-order chi connectivity index (χ0) is 16.9. The Morgan fingerprint density at radius 2 is 2.08 bits per heavy atom. The molecule has 0 spiro atoms. The first kappa shape index (κ1) is 16.4. The number of aryl methyl sites for hydroxylation is 1. The number of amides is 1. The summed E-state index contributed by atoms with van der Waals surface area (Å²) in [5, 5.41) is 11.7. The second-order valence-electron chi connectivity index (χ2n) is 6.13. The summed E-state index contributed by atoms with van der Waals surface area (Å²) in [7, 11) is 1.64. The first-order chi connectivity index (χ1) is 11.7. The van der Waals surface area contributed by atoms with Crippen molar-refractivity contribution in [3.63, 3.8) is 0 Å². The molecule has 0 radical (unpaired) electrons. The number of hydrogen-bond acceptors (Lipinski definition) is 5. The zero-order valence-electron chi connectivity index (χ0n) is 14.2. The fourth-order valence-corrected chi connectivity index (χ4v) is 3.15. The van der Waals surface area contributed by atoms with Crippen molar-refractivity contribution in [2.45, 2.75) is 38.6 Å². The van der Waals surface area contributed by atoms with Crippen LogP contribution in [0.15, 0.2) is 24.3 Å². The molecule has 24 heavy (non-hydrogen) atoms. The highest BCUT2D eigenvalue weighted by Gasteiger charge is 2.29. The minimum absolute atomic E-state index is 0.0907. The van der Waals surface area contributed by atoms with Gasteiger partial charge in [-0.25, -0.2) is 4.68 Å². The molecule has 7 nitrogen and oxygen atoms in total. The number of carbonyl (C=O) groups is 1. The Bertz CT molecular complexity index is 694. The summed E-state index contributed by atoms with van der Waals surface area (Å²) in [6.07, 6.45) is 3.85. The number of carbonyl (C=O) groups excluding carboxylic acids is 1. The average Bonchev–Trinajstić information content (AvgIpc) is 3.06. The number of benzene rings is 1. The van der Waals surface area contributed by atoms with Gasteiger partial charge in [-0.1, -0.05) is 12.1 Å². The SMILES string of the molecule is COc1cccc(C[C@@H](C(=O)N2CCCCC2)n2nnnc2C)c1. The van der Waals surface area contributed by atoms with E-state index in [0.717, 1.165) is 37.2 Å². The van der Waals surface area contributed by atoms with Gasteiger partial charge >= 0.3 is 0 Å². The highest BCUT2D eigenvalue weighted by atomic mass is 16.5. The monoisotopic (exact) mass is 329 g/mol. The number of methoxy groups -OCH3 is 1. The number of piperidine rings is 1. The summed E-state index contributed by atoms with van der Waals surface area (Å²) in [6, 6.07) is 7.36. The smallest absolute Gasteiger partial charge is 0.247 e. The number of tetrazole rings is 1. The Balaban J connectivity index is 1.87. The van der Waals surface area contributed by atoms with E-state index in [1.54, 1.807) is 11.8 Å². The first-order valence-corrected chi connectivity index (χ1v) is 8.35. The summed E-state index contributed by atoms with van der Waals surface area (Å²) in [5.74, 6) is 1.52. The average molecular weight is 329 g/mol. The summed E-state index contributed by atoms with van der Waals surface area (Å²) in [6.45, 7) is 3.45. The van der Waals surface area contributed by atoms with Crippen LogP contribution in [0.1, 0.15) is 36.7 Å². The van der Waals surface area contributed by atoms with Gasteiger partial charge in [-0.2, -0.15) is 0 Å². The molecule has 0 saturated carbocycles. The highest BCUT2D eigenvalue weighted by Crippen LogP contribution is 2.22. The van der Waals surface area contributed by atoms with Gasteiger partial charge < -0.3 is 9.64 Å². The molecule has 1 amide bonds. The first-order valence-electron chi connectivity index (χ1n) is 8.35. The van der Waals surface area contributed by atoms with Crippen molar-refractivity contribution in [1.82, 2.24) is 25.1 Å². The molecule has 0 N–H and O–H groups in total. The Labute approximate surface area is 141 Å². The van der Waals surface area contributed by atoms with Gasteiger partial charge in [-0.15, -0.1) is 5.10 Å². The van der Waals surface area contributed by atoms with Gasteiger partial charge in [0.2, 0.25) is 5.91 Å². The van der Waals surface area contributed by atoms with E-state index in [1.807, 2.05) is 36.1 Å². The van der Waals surface area contributed by atoms with E-state index < -0.39 is 6.04 Å². The van der Waals surface area contributed by atoms with Crippen LogP contribution in [0, 0.1) is 6.92 Å². The number of hydrogen-bond donors (Lipinski definition) is 0. The molecule has 7 heteroatoms. The number of rotatable bonds is 5. The summed E-state index contributed by atoms with van der Waals surface area (Å²) < 4.78 is 6.92. The van der Waals surface area contributed by atoms with Crippen molar-refractivity contribution >= 4 is 5.91 Å². The quantitative estimate of drug-likeness (QED) is 0.836. The van der Waals surface area contributed by atoms with E-state index in [2.05, 4.69) is 15.5 Å². The lowest BCUT2D eigenvalue weighted by Crippen LogP contribution is -2.41. The maximum atomic E-state index is 13.1. The van der Waals surface area contributed by atoms with Crippen LogP contribution >= 0.6 is 0 Å². The molecule has 2 heterocycles. The fourth-order valence-electron chi connectivity index (χ4n) is 3.15. The van der Waals surface area contributed by atoms with E-state index in [1.165, 1.54) is 6.42 Å². The van der Waals surface area contributed by atoms with Gasteiger partial charge in [-0.3, -0.25) is 4.79 Å². The molecule has 1 saturated heterocycles. The largest absolute Gasteiger partial charge is 0.497 e. The molecule has 2 aromatic rings. The lowest BCUT2D eigenvalue weighted by Gasteiger charge is -2.30. The third kappa shape index (κ3) is 3.55. The van der Waals surface area contributed by atoms with E-state index in [0.29, 0.717) is 12.2 Å². The van der Waals surface area contributed by atoms with Crippen LogP contribution in [0.5, 0.6) is 5.75 Å². The highest BCUT2D eigenvalue weighted by molar-refractivity contribution is 5.80. The van der Waals surface area contributed by atoms with Crippen LogP contribution in [0.2, 0.25) is 0 Å². The van der Waals surface area contributed by atoms with Crippen molar-refractivity contribution in [2.75, 3.05) is 20.2 Å². The topological polar surface area (TPSA) is 73.1 Å². The molecule has 0 bridgehead atoms. The molecule has 1 aromatic heterocycles. The molecule has 128 valence electrons. The number of likely N-dealkylation sites (tertiary alicyclic amines) is 1. The van der Waals surface area contributed by atoms with Crippen LogP contribution < -0.4 is 4.74 Å². The molecule has 1 aliphatic heterocycles. The second-order valence-corrected chi connectivity index (χ2v) is 6.13. The lowest BCUT2D eigenvalue weighted by atomic mass is 10.0. The van der Waals surface area contributed by atoms with Crippen LogP contribution in [0.25, 0.3) is 0 Å². The molecule has 1 aromatic carbocycles. The molecule has 0 aliphatic carbocycles. The van der Waals surface area contributed by atoms with Gasteiger partial charge in [0, 0.05) is 19.5 Å². The van der Waals surface area contributed by atoms with Crippen LogP contribution in [-0.2, 0) is 11.2 Å². The van der Waals surface area contributed by atoms with Crippen LogP contribution in [-0.4, -0.2) is 51.2 Å². The van der Waals surface area contributed by atoms with Crippen molar-refractivity contribution in [3.8, 4) is 5.75 Å². The Morgan fingerprint density at radius 1 is 1.29 bits per heavy atom. The third-order valence-corrected chi connectivity index (χ3v) is 4.47. The fraction of sp³-hybridized carbons (Fsp3) is 0.529. The minimum atomic E-state index is -0.426. The maximum Gasteiger partial charge on any atom is 0.247 e. The van der Waals surface area contributed by atoms with Gasteiger partial charge in [0.25, 0.3) is 0 Å². The van der Waals surface area contributed by atoms with Crippen LogP contribution in [0.4, 0.5) is 0 Å². The van der Waals surface area contributed by atoms with Crippen molar-refractivity contribution in [2.24, 2.45) is 0 Å². The lowest BCUT2D eigenvalue weighted by molar-refractivity contribution is -0.136. The Morgan fingerprint density at radius 3 is 2.75 bits per heavy atom. The van der Waals surface area contributed by atoms with Crippen LogP contribution in [0.3, 0.4) is 0 Å². The van der Waals surface area contributed by atoms with E-state index in [9.17, 15) is 4.79 Å². The predicted octanol–water partition coefficient (Wildman–Crippen LogP) is 1.79. The minimum Gasteiger partial charge on any atom is -0.497 e. The molecule has 3 rings (SSSR count). The Kier molecular flexibility index (Phi) is 5.08. The molecule has 0 unspecified atom stereocenters. The maximum absolute atomic E-state index is 13.1. The van der Waals surface area contributed by atoms with Crippen molar-refractivity contribution in [3.05, 3.63) is 35.7 Å². The van der Waals surface area contributed by atoms with Crippen molar-refractivity contribution < 1.29 is 9.53 Å². The van der Waals surface area contributed by atoms with Gasteiger partial charge in [-0.05, 0) is 54.3 Å². The summed E-state index contributed by atoms with van der Waals surface area (Å²) in [5.41, 5.74) is 1.03. The molecule has 1 atom stereocenters. The molecular formula is C17H23N5O2. The van der Waals surface area contributed by atoms with Gasteiger partial charge in [0.15, 0.2) is 0 Å². The third-order valence-electron chi connectivity index (χ3n) is 4.47. The summed E-state index contributed by atoms with van der Waals surface area (Å²) in [4.78, 5) is 15.0. The second kappa shape index (κ2) is 7.42. The molecule has 1 fully saturated rings.